The van der Waals surface area contributed by atoms with Gasteiger partial charge in [0, 0.05) is 21.5 Å². The first-order valence-corrected chi connectivity index (χ1v) is 13.6. The number of halogens is 1. The zero-order valence-corrected chi connectivity index (χ0v) is 21.2. The summed E-state index contributed by atoms with van der Waals surface area (Å²) in [5.74, 6) is 0.492. The maximum atomic E-state index is 13.7. The highest BCUT2D eigenvalue weighted by atomic mass is 35.5. The summed E-state index contributed by atoms with van der Waals surface area (Å²) in [7, 11) is 0. The highest BCUT2D eigenvalue weighted by molar-refractivity contribution is 8.01. The number of aromatic amines is 1. The molecule has 2 heterocycles. The van der Waals surface area contributed by atoms with E-state index in [-0.39, 0.29) is 11.8 Å². The number of hydrogen-bond acceptors (Lipinski definition) is 3. The molecule has 36 heavy (non-hydrogen) atoms. The molecule has 5 nitrogen and oxygen atoms in total. The summed E-state index contributed by atoms with van der Waals surface area (Å²) in [6, 6.07) is 25.9. The summed E-state index contributed by atoms with van der Waals surface area (Å²) in [6.45, 7) is 0. The topological polar surface area (TPSA) is 65.2 Å². The van der Waals surface area contributed by atoms with Crippen LogP contribution in [0.2, 0.25) is 5.02 Å². The molecule has 2 amide bonds. The highest BCUT2D eigenvalue weighted by Crippen LogP contribution is 2.50. The van der Waals surface area contributed by atoms with Crippen molar-refractivity contribution in [2.24, 2.45) is 0 Å². The molecule has 1 aliphatic heterocycles. The van der Waals surface area contributed by atoms with Gasteiger partial charge in [0.2, 0.25) is 0 Å². The number of hydrazine groups is 1. The number of thioether (sulfide) groups is 1. The molecule has 0 unspecified atom stereocenters. The number of hydrogen-bond donors (Lipinski definition) is 2. The SMILES string of the molecule is O=C(NN1C(=O)CSC12CCC(c1ccccc1)CC2)c1[nH]c2ccc(Cl)cc2c1-c1ccccc1. The number of nitrogens with zero attached hydrogens (tertiary/aromatic N) is 1. The van der Waals surface area contributed by atoms with Crippen molar-refractivity contribution < 1.29 is 9.59 Å². The first-order valence-electron chi connectivity index (χ1n) is 12.2. The molecule has 2 fully saturated rings. The molecule has 1 saturated carbocycles. The van der Waals surface area contributed by atoms with E-state index in [9.17, 15) is 9.59 Å². The monoisotopic (exact) mass is 515 g/mol. The molecule has 0 bridgehead atoms. The Balaban J connectivity index is 1.30. The van der Waals surface area contributed by atoms with Crippen LogP contribution < -0.4 is 5.43 Å². The van der Waals surface area contributed by atoms with Crippen LogP contribution in [0.1, 0.15) is 47.7 Å². The molecule has 0 atom stereocenters. The van der Waals surface area contributed by atoms with Gasteiger partial charge in [-0.3, -0.25) is 15.0 Å². The molecule has 2 aliphatic rings. The minimum absolute atomic E-state index is 0.0491. The van der Waals surface area contributed by atoms with Crippen molar-refractivity contribution in [3.63, 3.8) is 0 Å². The Labute approximate surface area is 219 Å². The van der Waals surface area contributed by atoms with Crippen LogP contribution in [-0.2, 0) is 4.79 Å². The lowest BCUT2D eigenvalue weighted by Gasteiger charge is -2.42. The van der Waals surface area contributed by atoms with Gasteiger partial charge in [-0.2, -0.15) is 0 Å². The summed E-state index contributed by atoms with van der Waals surface area (Å²) in [5.41, 5.74) is 7.30. The number of rotatable bonds is 4. The minimum Gasteiger partial charge on any atom is -0.350 e. The van der Waals surface area contributed by atoms with Gasteiger partial charge in [0.1, 0.15) is 10.6 Å². The number of nitrogens with one attached hydrogen (secondary N) is 2. The fourth-order valence-corrected chi connectivity index (χ4v) is 7.10. The Morgan fingerprint density at radius 1 is 1.00 bits per heavy atom. The lowest BCUT2D eigenvalue weighted by molar-refractivity contribution is -0.134. The molecule has 182 valence electrons. The Bertz CT molecular complexity index is 1430. The predicted molar refractivity (Wildman–Crippen MR) is 146 cm³/mol. The van der Waals surface area contributed by atoms with E-state index in [1.165, 1.54) is 5.56 Å². The van der Waals surface area contributed by atoms with Crippen LogP contribution in [0, 0.1) is 0 Å². The number of amides is 2. The van der Waals surface area contributed by atoms with Crippen LogP contribution >= 0.6 is 23.4 Å². The molecule has 2 N–H and O–H groups in total. The molecule has 1 aromatic heterocycles. The lowest BCUT2D eigenvalue weighted by atomic mass is 9.81. The quantitative estimate of drug-likeness (QED) is 0.315. The molecule has 1 aliphatic carbocycles. The Kier molecular flexibility index (Phi) is 6.02. The summed E-state index contributed by atoms with van der Waals surface area (Å²) in [6.07, 6.45) is 3.65. The van der Waals surface area contributed by atoms with Gasteiger partial charge in [0.25, 0.3) is 11.8 Å². The van der Waals surface area contributed by atoms with E-state index in [4.69, 9.17) is 11.6 Å². The Morgan fingerprint density at radius 2 is 1.69 bits per heavy atom. The van der Waals surface area contributed by atoms with Gasteiger partial charge < -0.3 is 4.98 Å². The molecular formula is C29H26ClN3O2S. The molecule has 6 rings (SSSR count). The largest absolute Gasteiger partial charge is 0.350 e. The molecule has 7 heteroatoms. The number of H-pyrrole nitrogens is 1. The summed E-state index contributed by atoms with van der Waals surface area (Å²) in [4.78, 5) is 29.6. The van der Waals surface area contributed by atoms with Crippen LogP contribution in [-0.4, -0.2) is 32.4 Å². The number of fused-ring (bicyclic) bond motifs is 1. The minimum atomic E-state index is -0.403. The average molecular weight is 516 g/mol. The van der Waals surface area contributed by atoms with Crippen molar-refractivity contribution in [2.75, 3.05) is 5.75 Å². The predicted octanol–water partition coefficient (Wildman–Crippen LogP) is 6.76. The number of carbonyl (C=O) groups excluding carboxylic acids is 2. The van der Waals surface area contributed by atoms with Crippen molar-refractivity contribution in [2.45, 2.75) is 36.5 Å². The van der Waals surface area contributed by atoms with Crippen molar-refractivity contribution >= 4 is 46.1 Å². The highest BCUT2D eigenvalue weighted by Gasteiger charge is 2.49. The van der Waals surface area contributed by atoms with Crippen LogP contribution in [0.25, 0.3) is 22.0 Å². The smallest absolute Gasteiger partial charge is 0.286 e. The standard InChI is InChI=1S/C29H26ClN3O2S/c30-22-11-12-24-23(17-22)26(21-9-5-2-6-10-21)27(31-24)28(35)32-33-25(34)18-36-29(33)15-13-20(14-16-29)19-7-3-1-4-8-19/h1-12,17,20,31H,13-16,18H2,(H,32,35). The van der Waals surface area contributed by atoms with Crippen molar-refractivity contribution in [3.05, 3.63) is 95.1 Å². The second-order valence-electron chi connectivity index (χ2n) is 9.52. The maximum Gasteiger partial charge on any atom is 0.286 e. The van der Waals surface area contributed by atoms with Gasteiger partial charge in [-0.25, -0.2) is 5.01 Å². The van der Waals surface area contributed by atoms with E-state index in [0.29, 0.717) is 22.4 Å². The van der Waals surface area contributed by atoms with Gasteiger partial charge in [-0.05, 0) is 60.9 Å². The van der Waals surface area contributed by atoms with Gasteiger partial charge in [0.05, 0.1) is 5.75 Å². The maximum absolute atomic E-state index is 13.7. The van der Waals surface area contributed by atoms with Gasteiger partial charge >= 0.3 is 0 Å². The summed E-state index contributed by atoms with van der Waals surface area (Å²) >= 11 is 7.96. The third-order valence-electron chi connectivity index (χ3n) is 7.42. The van der Waals surface area contributed by atoms with Gasteiger partial charge in [-0.15, -0.1) is 11.8 Å². The van der Waals surface area contributed by atoms with E-state index in [0.717, 1.165) is 47.7 Å². The molecular weight excluding hydrogens is 490 g/mol. The lowest BCUT2D eigenvalue weighted by Crippen LogP contribution is -2.55. The summed E-state index contributed by atoms with van der Waals surface area (Å²) in [5, 5.41) is 3.10. The van der Waals surface area contributed by atoms with Crippen LogP contribution in [0.3, 0.4) is 0 Å². The van der Waals surface area contributed by atoms with E-state index in [1.807, 2.05) is 48.5 Å². The molecule has 0 radical (unpaired) electrons. The van der Waals surface area contributed by atoms with E-state index in [1.54, 1.807) is 22.8 Å². The van der Waals surface area contributed by atoms with Crippen LogP contribution in [0.5, 0.6) is 0 Å². The average Bonchev–Trinajstić information content (AvgIpc) is 3.43. The fraction of sp³-hybridized carbons (Fsp3) is 0.241. The number of carbonyl (C=O) groups is 2. The molecule has 4 aromatic rings. The number of aromatic nitrogens is 1. The third-order valence-corrected chi connectivity index (χ3v) is 9.18. The first-order chi connectivity index (χ1) is 17.5. The Morgan fingerprint density at radius 3 is 2.42 bits per heavy atom. The zero-order chi connectivity index (χ0) is 24.7. The summed E-state index contributed by atoms with van der Waals surface area (Å²) < 4.78 is 0. The molecule has 1 spiro atoms. The van der Waals surface area contributed by atoms with Crippen LogP contribution in [0.15, 0.2) is 78.9 Å². The van der Waals surface area contributed by atoms with Crippen LogP contribution in [0.4, 0.5) is 0 Å². The van der Waals surface area contributed by atoms with Gasteiger partial charge in [-0.1, -0.05) is 72.3 Å². The molecule has 1 saturated heterocycles. The zero-order valence-electron chi connectivity index (χ0n) is 19.7. The normalized spacial score (nSPS) is 21.9. The number of benzene rings is 3. The first kappa shape index (κ1) is 23.2. The van der Waals surface area contributed by atoms with E-state index < -0.39 is 4.87 Å². The van der Waals surface area contributed by atoms with Crippen molar-refractivity contribution in [3.8, 4) is 11.1 Å². The van der Waals surface area contributed by atoms with Crippen molar-refractivity contribution in [1.82, 2.24) is 15.4 Å². The van der Waals surface area contributed by atoms with Gasteiger partial charge in [0.15, 0.2) is 0 Å². The van der Waals surface area contributed by atoms with E-state index in [2.05, 4.69) is 34.7 Å². The van der Waals surface area contributed by atoms with Crippen molar-refractivity contribution in [1.29, 1.82) is 0 Å². The second kappa shape index (κ2) is 9.34. The second-order valence-corrected chi connectivity index (χ2v) is 11.3. The molecule has 3 aromatic carbocycles. The fourth-order valence-electron chi connectivity index (χ4n) is 5.61. The Hall–Kier alpha value is -3.22. The van der Waals surface area contributed by atoms with E-state index >= 15 is 0 Å². The third kappa shape index (κ3) is 4.08.